The molecule has 0 saturated carbocycles. The highest BCUT2D eigenvalue weighted by Crippen LogP contribution is 2.47. The Kier molecular flexibility index (Phi) is 14.9. The van der Waals surface area contributed by atoms with Gasteiger partial charge in [0.1, 0.15) is 5.75 Å². The first-order valence-corrected chi connectivity index (χ1v) is 26.7. The molecule has 3 aromatic carbocycles. The van der Waals surface area contributed by atoms with Gasteiger partial charge in [0.25, 0.3) is 8.32 Å². The summed E-state index contributed by atoms with van der Waals surface area (Å²) in [5, 5.41) is 2.62. The lowest BCUT2D eigenvalue weighted by molar-refractivity contribution is -0.162. The van der Waals surface area contributed by atoms with E-state index < -0.39 is 16.6 Å². The molecule has 0 unspecified atom stereocenters. The summed E-state index contributed by atoms with van der Waals surface area (Å²) in [6.45, 7) is 30.9. The summed E-state index contributed by atoms with van der Waals surface area (Å²) < 4.78 is 40.5. The van der Waals surface area contributed by atoms with E-state index in [1.807, 2.05) is 12.1 Å². The van der Waals surface area contributed by atoms with E-state index in [0.717, 1.165) is 37.0 Å². The predicted molar refractivity (Wildman–Crippen MR) is 245 cm³/mol. The maximum atomic E-state index is 7.45. The highest BCUT2D eigenvalue weighted by molar-refractivity contribution is 6.99. The Hall–Kier alpha value is -2.57. The second kappa shape index (κ2) is 18.6. The summed E-state index contributed by atoms with van der Waals surface area (Å²) in [5.74, 6) is 1.06. The fraction of sp³-hybridized carbons (Fsp3) is 0.600. The van der Waals surface area contributed by atoms with Gasteiger partial charge in [-0.15, -0.1) is 0 Å². The fourth-order valence-corrected chi connectivity index (χ4v) is 15.0. The van der Waals surface area contributed by atoms with Gasteiger partial charge in [0.05, 0.1) is 49.3 Å². The van der Waals surface area contributed by atoms with Crippen LogP contribution < -0.4 is 15.1 Å². The maximum absolute atomic E-state index is 7.45. The average Bonchev–Trinajstić information content (AvgIpc) is 3.78. The molecule has 0 spiro atoms. The molecular formula is C50H76O6Si2. The van der Waals surface area contributed by atoms with Crippen molar-refractivity contribution in [2.24, 2.45) is 11.8 Å². The molecule has 5 rings (SSSR count). The highest BCUT2D eigenvalue weighted by atomic mass is 28.4. The van der Waals surface area contributed by atoms with Gasteiger partial charge in [-0.1, -0.05) is 140 Å². The van der Waals surface area contributed by atoms with Crippen molar-refractivity contribution >= 4 is 27.0 Å². The molecule has 0 bridgehead atoms. The number of benzene rings is 3. The zero-order valence-electron chi connectivity index (χ0n) is 38.4. The normalized spacial score (nSPS) is 25.5. The van der Waals surface area contributed by atoms with Crippen LogP contribution in [0.25, 0.3) is 0 Å². The van der Waals surface area contributed by atoms with Crippen LogP contribution in [-0.2, 0) is 29.7 Å². The smallest absolute Gasteiger partial charge is 0.261 e. The summed E-state index contributed by atoms with van der Waals surface area (Å²) in [6.07, 6.45) is 8.50. The molecule has 0 N–H and O–H groups in total. The Bertz CT molecular complexity index is 1710. The van der Waals surface area contributed by atoms with Crippen LogP contribution in [0.4, 0.5) is 0 Å². The zero-order chi connectivity index (χ0) is 42.6. The topological polar surface area (TPSA) is 55.4 Å². The van der Waals surface area contributed by atoms with E-state index >= 15 is 0 Å². The lowest BCUT2D eigenvalue weighted by Gasteiger charge is -2.44. The number of rotatable bonds is 17. The van der Waals surface area contributed by atoms with Crippen molar-refractivity contribution in [1.29, 1.82) is 0 Å². The first kappa shape index (κ1) is 46.5. The van der Waals surface area contributed by atoms with Crippen LogP contribution in [0.3, 0.4) is 0 Å². The van der Waals surface area contributed by atoms with Gasteiger partial charge in [0.15, 0.2) is 8.32 Å². The molecule has 0 amide bonds. The molecule has 2 heterocycles. The van der Waals surface area contributed by atoms with Gasteiger partial charge >= 0.3 is 0 Å². The molecular weight excluding hydrogens is 753 g/mol. The van der Waals surface area contributed by atoms with Crippen LogP contribution in [0.1, 0.15) is 107 Å². The third kappa shape index (κ3) is 10.5. The van der Waals surface area contributed by atoms with E-state index in [2.05, 4.69) is 174 Å². The fourth-order valence-electron chi connectivity index (χ4n) is 8.87. The second-order valence-corrected chi connectivity index (χ2v) is 29.4. The van der Waals surface area contributed by atoms with E-state index in [1.165, 1.54) is 10.4 Å². The summed E-state index contributed by atoms with van der Waals surface area (Å²) in [5.41, 5.74) is 0.453. The average molecular weight is 829 g/mol. The van der Waals surface area contributed by atoms with Gasteiger partial charge in [0, 0.05) is 18.4 Å². The SMILES string of the molecule is COc1ccc(CO[C@H]([C@H](C)CO[Si](c2ccccc2)(c2ccccc2)C(C)(C)C)[C@@H](C)/C=C\[C@@H]2CC[C@@](C)([C@H]3CC[C@@](C)([C@@H](C)O[Si](C)(C)C(C)(C)C)O3)O2)cc1. The van der Waals surface area contributed by atoms with Gasteiger partial charge in [-0.25, -0.2) is 0 Å². The number of ether oxygens (including phenoxy) is 4. The van der Waals surface area contributed by atoms with Crippen LogP contribution in [0.2, 0.25) is 23.2 Å². The summed E-state index contributed by atoms with van der Waals surface area (Å²) in [7, 11) is -2.95. The van der Waals surface area contributed by atoms with Crippen LogP contribution in [0.5, 0.6) is 5.75 Å². The van der Waals surface area contributed by atoms with Crippen LogP contribution in [-0.4, -0.2) is 66.0 Å². The molecule has 8 heteroatoms. The van der Waals surface area contributed by atoms with Crippen LogP contribution >= 0.6 is 0 Å². The van der Waals surface area contributed by atoms with Gasteiger partial charge in [0.2, 0.25) is 0 Å². The Morgan fingerprint density at radius 2 is 1.36 bits per heavy atom. The minimum absolute atomic E-state index is 0.0229. The summed E-state index contributed by atoms with van der Waals surface area (Å²) >= 11 is 0. The van der Waals surface area contributed by atoms with E-state index in [4.69, 9.17) is 27.8 Å². The molecule has 0 aliphatic carbocycles. The third-order valence-corrected chi connectivity index (χ3v) is 23.3. The molecule has 0 aromatic heterocycles. The summed E-state index contributed by atoms with van der Waals surface area (Å²) in [4.78, 5) is 0. The first-order valence-electron chi connectivity index (χ1n) is 21.9. The Balaban J connectivity index is 1.32. The Morgan fingerprint density at radius 3 is 1.90 bits per heavy atom. The minimum Gasteiger partial charge on any atom is -0.497 e. The van der Waals surface area contributed by atoms with Gasteiger partial charge < -0.3 is 27.8 Å². The zero-order valence-corrected chi connectivity index (χ0v) is 40.4. The minimum atomic E-state index is -2.72. The van der Waals surface area contributed by atoms with Crippen molar-refractivity contribution in [3.63, 3.8) is 0 Å². The van der Waals surface area contributed by atoms with Crippen molar-refractivity contribution in [2.45, 2.75) is 167 Å². The maximum Gasteiger partial charge on any atom is 0.261 e. The molecule has 2 aliphatic rings. The monoisotopic (exact) mass is 829 g/mol. The summed E-state index contributed by atoms with van der Waals surface area (Å²) in [6, 6.07) is 30.0. The molecule has 6 nitrogen and oxygen atoms in total. The number of methoxy groups -OCH3 is 1. The first-order chi connectivity index (χ1) is 27.1. The molecule has 2 saturated heterocycles. The number of hydrogen-bond donors (Lipinski definition) is 0. The van der Waals surface area contributed by atoms with Crippen molar-refractivity contribution in [2.75, 3.05) is 13.7 Å². The lowest BCUT2D eigenvalue weighted by atomic mass is 9.91. The molecule has 0 radical (unpaired) electrons. The van der Waals surface area contributed by atoms with Crippen molar-refractivity contribution in [3.05, 3.63) is 103 Å². The third-order valence-electron chi connectivity index (χ3n) is 13.8. The van der Waals surface area contributed by atoms with Crippen molar-refractivity contribution < 1.29 is 27.8 Å². The second-order valence-electron chi connectivity index (χ2n) is 20.3. The molecule has 2 fully saturated rings. The van der Waals surface area contributed by atoms with E-state index in [1.54, 1.807) is 7.11 Å². The largest absolute Gasteiger partial charge is 0.497 e. The molecule has 3 aromatic rings. The van der Waals surface area contributed by atoms with E-state index in [0.29, 0.717) is 13.2 Å². The Morgan fingerprint density at radius 1 is 0.776 bits per heavy atom. The van der Waals surface area contributed by atoms with E-state index in [-0.39, 0.29) is 57.5 Å². The van der Waals surface area contributed by atoms with Gasteiger partial charge in [-0.2, -0.15) is 0 Å². The van der Waals surface area contributed by atoms with Crippen molar-refractivity contribution in [3.8, 4) is 5.75 Å². The highest BCUT2D eigenvalue weighted by Gasteiger charge is 2.53. The quantitative estimate of drug-likeness (QED) is 0.0998. The predicted octanol–water partition coefficient (Wildman–Crippen LogP) is 11.3. The molecule has 2 aliphatic heterocycles. The van der Waals surface area contributed by atoms with Gasteiger partial charge in [-0.05, 0) is 97.7 Å². The van der Waals surface area contributed by atoms with Crippen LogP contribution in [0.15, 0.2) is 97.1 Å². The molecule has 320 valence electrons. The van der Waals surface area contributed by atoms with Crippen molar-refractivity contribution in [1.82, 2.24) is 0 Å². The van der Waals surface area contributed by atoms with Gasteiger partial charge in [-0.3, -0.25) is 0 Å². The molecule has 58 heavy (non-hydrogen) atoms. The standard InChI is InChI=1S/C50H76O6Si2/c1-37(25-28-42-31-33-50(11,54-42)45-32-34-49(10,55-45)39(3)56-57(13,14)47(4,5)6)46(52-36-40-26-29-41(51-12)30-27-40)38(2)35-53-58(48(7,8)9,43-21-17-15-18-22-43)44-23-19-16-20-24-44/h15-30,37-39,42,45-46H,31-36H2,1-14H3/b28-25-/t37-,38+,39+,42+,45+,46-,49-,50-/m0/s1. The van der Waals surface area contributed by atoms with E-state index in [9.17, 15) is 0 Å². The number of hydrogen-bond acceptors (Lipinski definition) is 6. The molecule has 8 atom stereocenters. The Labute approximate surface area is 354 Å². The lowest BCUT2D eigenvalue weighted by Crippen LogP contribution is -2.67. The van der Waals surface area contributed by atoms with Crippen LogP contribution in [0, 0.1) is 11.8 Å².